The summed E-state index contributed by atoms with van der Waals surface area (Å²) < 4.78 is 11.8. The topological polar surface area (TPSA) is 56.5 Å². The predicted molar refractivity (Wildman–Crippen MR) is 102 cm³/mol. The Morgan fingerprint density at radius 2 is 1.85 bits per heavy atom. The molecule has 2 aromatic carbocycles. The van der Waals surface area contributed by atoms with Crippen molar-refractivity contribution in [1.29, 1.82) is 0 Å². The number of carbonyl (C=O) groups is 1. The van der Waals surface area contributed by atoms with E-state index in [4.69, 9.17) is 20.8 Å². The molecule has 0 unspecified atom stereocenters. The average molecular weight is 367 g/mol. The quantitative estimate of drug-likeness (QED) is 0.654. The van der Waals surface area contributed by atoms with E-state index in [-0.39, 0.29) is 17.8 Å². The number of carbonyl (C=O) groups excluding carboxylic acids is 1. The predicted octanol–water partition coefficient (Wildman–Crippen LogP) is 4.79. The number of fused-ring (bicyclic) bond motifs is 3. The lowest BCUT2D eigenvalue weighted by Gasteiger charge is -2.18. The van der Waals surface area contributed by atoms with Gasteiger partial charge >= 0.3 is 0 Å². The van der Waals surface area contributed by atoms with Gasteiger partial charge in [-0.15, -0.1) is 0 Å². The molecule has 1 aliphatic heterocycles. The van der Waals surface area contributed by atoms with Gasteiger partial charge in [0.1, 0.15) is 23.7 Å². The van der Waals surface area contributed by atoms with E-state index in [0.717, 1.165) is 5.56 Å². The Balaban J connectivity index is 2.04. The van der Waals surface area contributed by atoms with E-state index in [0.29, 0.717) is 44.2 Å². The summed E-state index contributed by atoms with van der Waals surface area (Å²) in [6.45, 7) is 3.45. The first-order valence-electron chi connectivity index (χ1n) is 8.16. The molecule has 0 saturated heterocycles. The van der Waals surface area contributed by atoms with Crippen molar-refractivity contribution >= 4 is 34.4 Å². The first-order valence-corrected chi connectivity index (χ1v) is 8.54. The maximum absolute atomic E-state index is 12.9. The van der Waals surface area contributed by atoms with E-state index in [1.165, 1.54) is 6.92 Å². The smallest absolute Gasteiger partial charge is 0.196 e. The first-order chi connectivity index (χ1) is 12.5. The fraction of sp³-hybridized carbons (Fsp3) is 0.143. The van der Waals surface area contributed by atoms with Crippen molar-refractivity contribution in [3.05, 3.63) is 68.3 Å². The van der Waals surface area contributed by atoms with Gasteiger partial charge in [-0.2, -0.15) is 0 Å². The Bertz CT molecular complexity index is 1140. The van der Waals surface area contributed by atoms with Crippen LogP contribution in [0.4, 0.5) is 0 Å². The molecule has 0 aliphatic carbocycles. The van der Waals surface area contributed by atoms with Gasteiger partial charge in [0.25, 0.3) is 0 Å². The number of hydrogen-bond acceptors (Lipinski definition) is 4. The van der Waals surface area contributed by atoms with Crippen LogP contribution in [0.2, 0.25) is 5.02 Å². The zero-order valence-electron chi connectivity index (χ0n) is 14.3. The number of Topliss-reactive ketones (excluding diaryl/α,β-unsaturated/α-hetero) is 1. The van der Waals surface area contributed by atoms with Gasteiger partial charge in [-0.1, -0.05) is 11.6 Å². The van der Waals surface area contributed by atoms with Crippen molar-refractivity contribution in [1.82, 2.24) is 0 Å². The van der Waals surface area contributed by atoms with E-state index in [1.807, 2.05) is 12.1 Å². The summed E-state index contributed by atoms with van der Waals surface area (Å²) in [4.78, 5) is 24.6. The molecule has 0 N–H and O–H groups in total. The number of halogens is 1. The van der Waals surface area contributed by atoms with Gasteiger partial charge in [-0.25, -0.2) is 0 Å². The number of ketones is 1. The third-order valence-electron chi connectivity index (χ3n) is 4.55. The van der Waals surface area contributed by atoms with Gasteiger partial charge in [0.15, 0.2) is 11.2 Å². The van der Waals surface area contributed by atoms with Crippen LogP contribution in [0.3, 0.4) is 0 Å². The molecule has 0 bridgehead atoms. The molecule has 5 heteroatoms. The van der Waals surface area contributed by atoms with Gasteiger partial charge in [-0.05, 0) is 56.3 Å². The Kier molecular flexibility index (Phi) is 3.93. The second-order valence-corrected chi connectivity index (χ2v) is 6.70. The number of rotatable bonds is 2. The van der Waals surface area contributed by atoms with Crippen molar-refractivity contribution in [3.8, 4) is 17.1 Å². The highest BCUT2D eigenvalue weighted by atomic mass is 35.5. The fourth-order valence-corrected chi connectivity index (χ4v) is 3.19. The summed E-state index contributed by atoms with van der Waals surface area (Å²) in [6, 6.07) is 10.6. The third-order valence-corrected chi connectivity index (χ3v) is 4.80. The summed E-state index contributed by atoms with van der Waals surface area (Å²) in [5.74, 6) is 1.01. The molecule has 26 heavy (non-hydrogen) atoms. The van der Waals surface area contributed by atoms with Crippen LogP contribution < -0.4 is 10.2 Å². The minimum Gasteiger partial charge on any atom is -0.488 e. The Morgan fingerprint density at radius 1 is 1.12 bits per heavy atom. The molecule has 4 nitrogen and oxygen atoms in total. The first kappa shape index (κ1) is 16.6. The van der Waals surface area contributed by atoms with E-state index in [1.54, 1.807) is 37.3 Å². The van der Waals surface area contributed by atoms with Crippen LogP contribution in [-0.2, 0) is 4.79 Å². The summed E-state index contributed by atoms with van der Waals surface area (Å²) in [6.07, 6.45) is 1.74. The third kappa shape index (κ3) is 2.63. The Morgan fingerprint density at radius 3 is 2.54 bits per heavy atom. The van der Waals surface area contributed by atoms with Gasteiger partial charge in [0.2, 0.25) is 0 Å². The number of ether oxygens (including phenoxy) is 1. The highest BCUT2D eigenvalue weighted by Gasteiger charge is 2.21. The summed E-state index contributed by atoms with van der Waals surface area (Å²) in [7, 11) is 0. The highest BCUT2D eigenvalue weighted by Crippen LogP contribution is 2.35. The lowest BCUT2D eigenvalue weighted by atomic mass is 10.0. The van der Waals surface area contributed by atoms with E-state index in [9.17, 15) is 9.59 Å². The fourth-order valence-electron chi connectivity index (χ4n) is 3.07. The SMILES string of the molecule is CC(=O)C1=Cc2c(ccc3c(=O)c(C)c(-c4ccc(Cl)cc4)oc23)OC1. The van der Waals surface area contributed by atoms with E-state index >= 15 is 0 Å². The molecule has 0 spiro atoms. The summed E-state index contributed by atoms with van der Waals surface area (Å²) in [5.41, 5.74) is 2.75. The number of benzene rings is 2. The molecule has 0 saturated carbocycles. The monoisotopic (exact) mass is 366 g/mol. The van der Waals surface area contributed by atoms with E-state index in [2.05, 4.69) is 0 Å². The average Bonchev–Trinajstić information content (AvgIpc) is 2.64. The molecule has 1 aromatic heterocycles. The van der Waals surface area contributed by atoms with Crippen LogP contribution >= 0.6 is 11.6 Å². The van der Waals surface area contributed by atoms with Gasteiger partial charge in [0, 0.05) is 21.7 Å². The van der Waals surface area contributed by atoms with Crippen molar-refractivity contribution in [2.75, 3.05) is 6.61 Å². The Labute approximate surface area is 154 Å². The minimum atomic E-state index is -0.109. The lowest BCUT2D eigenvalue weighted by molar-refractivity contribution is -0.113. The molecule has 0 atom stereocenters. The van der Waals surface area contributed by atoms with Crippen molar-refractivity contribution in [2.24, 2.45) is 0 Å². The molecule has 3 aromatic rings. The molecule has 2 heterocycles. The van der Waals surface area contributed by atoms with Gasteiger partial charge < -0.3 is 9.15 Å². The van der Waals surface area contributed by atoms with Crippen LogP contribution in [-0.4, -0.2) is 12.4 Å². The molecule has 0 radical (unpaired) electrons. The molecule has 1 aliphatic rings. The second-order valence-electron chi connectivity index (χ2n) is 6.26. The molecule has 0 amide bonds. The molecular weight excluding hydrogens is 352 g/mol. The van der Waals surface area contributed by atoms with Crippen molar-refractivity contribution in [2.45, 2.75) is 13.8 Å². The van der Waals surface area contributed by atoms with E-state index < -0.39 is 0 Å². The summed E-state index contributed by atoms with van der Waals surface area (Å²) >= 11 is 5.96. The highest BCUT2D eigenvalue weighted by molar-refractivity contribution is 6.30. The van der Waals surface area contributed by atoms with Crippen LogP contribution in [0, 0.1) is 6.92 Å². The zero-order chi connectivity index (χ0) is 18.4. The molecular formula is C21H15ClO4. The lowest BCUT2D eigenvalue weighted by Crippen LogP contribution is -2.14. The normalized spacial score (nSPS) is 13.1. The molecule has 0 fully saturated rings. The Hall–Kier alpha value is -2.85. The van der Waals surface area contributed by atoms with Gasteiger partial charge in [0.05, 0.1) is 10.9 Å². The van der Waals surface area contributed by atoms with Crippen LogP contribution in [0.15, 0.2) is 51.2 Å². The second kappa shape index (κ2) is 6.15. The maximum atomic E-state index is 12.9. The maximum Gasteiger partial charge on any atom is 0.196 e. The van der Waals surface area contributed by atoms with Gasteiger partial charge in [-0.3, -0.25) is 9.59 Å². The number of hydrogen-bond donors (Lipinski definition) is 0. The van der Waals surface area contributed by atoms with Crippen LogP contribution in [0.1, 0.15) is 18.1 Å². The van der Waals surface area contributed by atoms with Crippen LogP contribution in [0.5, 0.6) is 5.75 Å². The van der Waals surface area contributed by atoms with Crippen molar-refractivity contribution < 1.29 is 13.9 Å². The van der Waals surface area contributed by atoms with Crippen LogP contribution in [0.25, 0.3) is 28.4 Å². The molecule has 4 rings (SSSR count). The minimum absolute atomic E-state index is 0.0694. The largest absolute Gasteiger partial charge is 0.488 e. The zero-order valence-corrected chi connectivity index (χ0v) is 15.0. The molecule has 130 valence electrons. The standard InChI is InChI=1S/C21H15ClO4/c1-11-19(24)16-7-8-18-17(9-14(10-25-18)12(2)23)21(16)26-20(11)13-3-5-15(22)6-4-13/h3-9H,10H2,1-2H3. The summed E-state index contributed by atoms with van der Waals surface area (Å²) in [5, 5.41) is 1.07. The van der Waals surface area contributed by atoms with Crippen molar-refractivity contribution in [3.63, 3.8) is 0 Å².